The van der Waals surface area contributed by atoms with E-state index in [-0.39, 0.29) is 11.1 Å². The van der Waals surface area contributed by atoms with Gasteiger partial charge in [-0.2, -0.15) is 0 Å². The average Bonchev–Trinajstić information content (AvgIpc) is 3.16. The molecule has 1 aliphatic heterocycles. The first-order valence-electron chi connectivity index (χ1n) is 16.6. The molecule has 0 radical (unpaired) electrons. The van der Waals surface area contributed by atoms with Gasteiger partial charge in [0, 0.05) is 0 Å². The van der Waals surface area contributed by atoms with Gasteiger partial charge in [0.25, 0.3) is 0 Å². The van der Waals surface area contributed by atoms with Crippen molar-refractivity contribution >= 4 is 33.8 Å². The molecular weight excluding hydrogens is 714 g/mol. The SMILES string of the molecule is COc1ccc2c(c1OC)-c1c(ccc(OC)c1OC)[C@@H](O[Si](C)(C)C(C)(C)C)C(=[CH]/[Sn]([CH3])([CH3])[CH3])/C(=C\B1OC(C)(C)C(C)(C)O1)C2. The van der Waals surface area contributed by atoms with Crippen LogP contribution < -0.4 is 18.9 Å². The molecule has 2 aromatic carbocycles. The van der Waals surface area contributed by atoms with Crippen molar-refractivity contribution in [3.05, 3.63) is 56.6 Å². The van der Waals surface area contributed by atoms with Crippen molar-refractivity contribution in [3.63, 3.8) is 0 Å². The van der Waals surface area contributed by atoms with E-state index in [0.29, 0.717) is 29.4 Å². The zero-order valence-corrected chi connectivity index (χ0v) is 35.5. The molecule has 2 aromatic rings. The van der Waals surface area contributed by atoms with E-state index in [0.717, 1.165) is 27.8 Å². The molecule has 1 heterocycles. The van der Waals surface area contributed by atoms with E-state index in [1.54, 1.807) is 28.4 Å². The first kappa shape index (κ1) is 37.9. The van der Waals surface area contributed by atoms with E-state index >= 15 is 0 Å². The molecule has 0 unspecified atom stereocenters. The number of benzene rings is 2. The van der Waals surface area contributed by atoms with Crippen molar-refractivity contribution in [2.45, 2.75) is 105 Å². The van der Waals surface area contributed by atoms with E-state index in [1.165, 1.54) is 5.57 Å². The third kappa shape index (κ3) is 7.49. The minimum atomic E-state index is -2.69. The van der Waals surface area contributed by atoms with Gasteiger partial charge in [0.2, 0.25) is 0 Å². The van der Waals surface area contributed by atoms with Gasteiger partial charge in [0.1, 0.15) is 0 Å². The Morgan fingerprint density at radius 3 is 1.79 bits per heavy atom. The van der Waals surface area contributed by atoms with Crippen LogP contribution in [0, 0.1) is 0 Å². The van der Waals surface area contributed by atoms with Crippen molar-refractivity contribution in [1.82, 2.24) is 0 Å². The summed E-state index contributed by atoms with van der Waals surface area (Å²) in [6.07, 6.45) is 0.212. The van der Waals surface area contributed by atoms with Crippen LogP contribution in [0.1, 0.15) is 65.7 Å². The summed E-state index contributed by atoms with van der Waals surface area (Å²) < 4.78 is 47.4. The Labute approximate surface area is 289 Å². The molecular formula is C37H57BO7SiSn. The summed E-state index contributed by atoms with van der Waals surface area (Å²) >= 11 is -2.69. The number of methoxy groups -OCH3 is 4. The Morgan fingerprint density at radius 2 is 1.32 bits per heavy atom. The number of hydrogen-bond donors (Lipinski definition) is 0. The average molecular weight is 771 g/mol. The predicted octanol–water partition coefficient (Wildman–Crippen LogP) is 9.37. The molecule has 0 bridgehead atoms. The number of rotatable bonds is 8. The Bertz CT molecular complexity index is 1530. The molecule has 2 aliphatic rings. The van der Waals surface area contributed by atoms with Crippen LogP contribution in [-0.4, -0.2) is 73.5 Å². The standard InChI is InChI=1S/C34H48BO7Si.3CH3.Sn/c1-21-23(20-35-41-33(5,6)34(7,8)42-35)19-22-15-17-25(36-9)30(38-11)27(22)28-24(16-18-26(37-10)31(28)39-12)29(21)40-43(13,14)32(2,3)4;;;;/h1,15-18,20,29H,19H2,2-14H3;3*1H3;/b21-1?,23-20-;;;;/t29-;;;;/m0..../s1. The van der Waals surface area contributed by atoms with Gasteiger partial charge in [-0.05, 0) is 0 Å². The van der Waals surface area contributed by atoms with E-state index in [9.17, 15) is 0 Å². The second-order valence-electron chi connectivity index (χ2n) is 16.3. The van der Waals surface area contributed by atoms with Gasteiger partial charge in [-0.3, -0.25) is 0 Å². The summed E-state index contributed by atoms with van der Waals surface area (Å²) in [4.78, 5) is 7.31. The van der Waals surface area contributed by atoms with Gasteiger partial charge < -0.3 is 0 Å². The molecule has 1 aliphatic carbocycles. The molecule has 0 saturated carbocycles. The van der Waals surface area contributed by atoms with Crippen LogP contribution >= 0.6 is 0 Å². The first-order valence-corrected chi connectivity index (χ1v) is 29.7. The summed E-state index contributed by atoms with van der Waals surface area (Å²) in [5, 5.41) is -0.0311. The van der Waals surface area contributed by atoms with Crippen molar-refractivity contribution in [1.29, 1.82) is 0 Å². The number of hydrogen-bond acceptors (Lipinski definition) is 7. The summed E-state index contributed by atoms with van der Waals surface area (Å²) in [6.45, 7) is 19.9. The number of ether oxygens (including phenoxy) is 4. The maximum atomic E-state index is 7.57. The van der Waals surface area contributed by atoms with E-state index in [2.05, 4.69) is 98.6 Å². The van der Waals surface area contributed by atoms with Crippen LogP contribution in [0.4, 0.5) is 0 Å². The van der Waals surface area contributed by atoms with Crippen LogP contribution in [0.3, 0.4) is 0 Å². The fourth-order valence-corrected chi connectivity index (χ4v) is 10.8. The summed E-state index contributed by atoms with van der Waals surface area (Å²) in [5.41, 5.74) is 5.25. The van der Waals surface area contributed by atoms with Crippen LogP contribution in [0.5, 0.6) is 23.0 Å². The minimum absolute atomic E-state index is 0.0311. The molecule has 47 heavy (non-hydrogen) atoms. The van der Waals surface area contributed by atoms with Crippen molar-refractivity contribution < 1.29 is 32.7 Å². The Balaban J connectivity index is 2.20. The fourth-order valence-electron chi connectivity index (χ4n) is 5.96. The van der Waals surface area contributed by atoms with Crippen LogP contribution in [0.15, 0.2) is 45.5 Å². The zero-order chi connectivity index (χ0) is 35.3. The van der Waals surface area contributed by atoms with Crippen LogP contribution in [-0.2, 0) is 20.2 Å². The van der Waals surface area contributed by atoms with Crippen molar-refractivity contribution in [3.8, 4) is 34.1 Å². The third-order valence-electron chi connectivity index (χ3n) is 10.2. The molecule has 258 valence electrons. The van der Waals surface area contributed by atoms with E-state index in [1.807, 2.05) is 12.1 Å². The van der Waals surface area contributed by atoms with Gasteiger partial charge in [-0.15, -0.1) is 0 Å². The van der Waals surface area contributed by atoms with Crippen molar-refractivity contribution in [2.24, 2.45) is 0 Å². The van der Waals surface area contributed by atoms with E-state index < -0.39 is 45.0 Å². The van der Waals surface area contributed by atoms with Crippen LogP contribution in [0.2, 0.25) is 33.0 Å². The second-order valence-corrected chi connectivity index (χ2v) is 35.4. The molecule has 1 atom stereocenters. The molecule has 10 heteroatoms. The predicted molar refractivity (Wildman–Crippen MR) is 198 cm³/mol. The number of fused-ring (bicyclic) bond motifs is 3. The van der Waals surface area contributed by atoms with Crippen molar-refractivity contribution in [2.75, 3.05) is 28.4 Å². The Morgan fingerprint density at radius 1 is 0.809 bits per heavy atom. The summed E-state index contributed by atoms with van der Waals surface area (Å²) in [7, 11) is 3.85. The van der Waals surface area contributed by atoms with Gasteiger partial charge in [-0.25, -0.2) is 0 Å². The van der Waals surface area contributed by atoms with Crippen LogP contribution in [0.25, 0.3) is 11.1 Å². The van der Waals surface area contributed by atoms with Gasteiger partial charge in [-0.1, -0.05) is 0 Å². The molecule has 1 saturated heterocycles. The quantitative estimate of drug-likeness (QED) is 0.248. The van der Waals surface area contributed by atoms with Gasteiger partial charge >= 0.3 is 291 Å². The molecule has 0 aromatic heterocycles. The molecule has 0 amide bonds. The maximum absolute atomic E-state index is 7.57. The third-order valence-corrected chi connectivity index (χ3v) is 18.0. The summed E-state index contributed by atoms with van der Waals surface area (Å²) in [5.74, 6) is 4.75. The topological polar surface area (TPSA) is 64.6 Å². The van der Waals surface area contributed by atoms with E-state index in [4.69, 9.17) is 32.7 Å². The second kappa shape index (κ2) is 13.4. The fraction of sp³-hybridized carbons (Fsp3) is 0.568. The molecule has 0 N–H and O–H groups in total. The first-order chi connectivity index (χ1) is 21.6. The molecule has 4 rings (SSSR count). The Kier molecular flexibility index (Phi) is 10.8. The Hall–Kier alpha value is -1.92. The van der Waals surface area contributed by atoms with Gasteiger partial charge in [0.15, 0.2) is 0 Å². The molecule has 1 fully saturated rings. The molecule has 0 spiro atoms. The molecule has 7 nitrogen and oxygen atoms in total. The van der Waals surface area contributed by atoms with Gasteiger partial charge in [0.05, 0.1) is 0 Å². The normalized spacial score (nSPS) is 21.2. The summed E-state index contributed by atoms with van der Waals surface area (Å²) in [6, 6.07) is 8.24. The zero-order valence-electron chi connectivity index (χ0n) is 31.7. The monoisotopic (exact) mass is 772 g/mol.